The summed E-state index contributed by atoms with van der Waals surface area (Å²) >= 11 is 0. The second-order valence-electron chi connectivity index (χ2n) is 7.89. The number of nitrogens with one attached hydrogen (secondary N) is 1. The number of halogens is 3. The lowest BCUT2D eigenvalue weighted by Crippen LogP contribution is -2.51. The number of ether oxygens (including phenoxy) is 1. The second-order valence-corrected chi connectivity index (χ2v) is 7.89. The molecular formula is C21H22F3N7O3. The van der Waals surface area contributed by atoms with Crippen molar-refractivity contribution < 1.29 is 22.7 Å². The number of amides is 1. The zero-order valence-electron chi connectivity index (χ0n) is 18.1. The topological polar surface area (TPSA) is 108 Å². The van der Waals surface area contributed by atoms with Crippen LogP contribution in [0.2, 0.25) is 0 Å². The second kappa shape index (κ2) is 9.68. The number of nitrogens with zero attached hydrogens (tertiary/aromatic N) is 6. The molecule has 2 aliphatic heterocycles. The van der Waals surface area contributed by atoms with E-state index in [0.29, 0.717) is 51.7 Å². The Hall–Kier alpha value is -3.66. The molecule has 4 heterocycles. The Morgan fingerprint density at radius 1 is 1.18 bits per heavy atom. The Labute approximate surface area is 192 Å². The normalized spacial score (nSPS) is 19.1. The van der Waals surface area contributed by atoms with Crippen LogP contribution in [0.15, 0.2) is 23.3 Å². The predicted molar refractivity (Wildman–Crippen MR) is 115 cm³/mol. The molecule has 4 rings (SSSR count). The molecule has 2 saturated heterocycles. The molecule has 0 aromatic carbocycles. The Morgan fingerprint density at radius 3 is 2.53 bits per heavy atom. The largest absolute Gasteiger partial charge is 0.419 e. The van der Waals surface area contributed by atoms with Gasteiger partial charge in [0, 0.05) is 57.7 Å². The van der Waals surface area contributed by atoms with Gasteiger partial charge in [-0.2, -0.15) is 18.3 Å². The molecule has 0 aliphatic carbocycles. The van der Waals surface area contributed by atoms with Crippen molar-refractivity contribution >= 4 is 17.7 Å². The third kappa shape index (κ3) is 5.28. The number of terminal acetylenes is 1. The van der Waals surface area contributed by atoms with E-state index in [4.69, 9.17) is 11.2 Å². The Balaban J connectivity index is 1.30. The minimum Gasteiger partial charge on any atom is -0.374 e. The minimum atomic E-state index is -4.49. The lowest BCUT2D eigenvalue weighted by molar-refractivity contribution is -0.138. The molecule has 13 heteroatoms. The van der Waals surface area contributed by atoms with E-state index in [1.54, 1.807) is 9.80 Å². The first kappa shape index (κ1) is 23.5. The zero-order valence-corrected chi connectivity index (χ0v) is 18.1. The number of carbonyl (C=O) groups excluding carboxylic acids is 1. The Morgan fingerprint density at radius 2 is 1.88 bits per heavy atom. The van der Waals surface area contributed by atoms with Crippen molar-refractivity contribution in [1.29, 1.82) is 0 Å². The van der Waals surface area contributed by atoms with Crippen LogP contribution in [0.5, 0.6) is 0 Å². The van der Waals surface area contributed by atoms with E-state index in [-0.39, 0.29) is 29.9 Å². The highest BCUT2D eigenvalue weighted by molar-refractivity contribution is 5.77. The number of hydrogen-bond donors (Lipinski definition) is 1. The summed E-state index contributed by atoms with van der Waals surface area (Å²) in [7, 11) is 0. The zero-order chi connectivity index (χ0) is 24.3. The van der Waals surface area contributed by atoms with E-state index >= 15 is 0 Å². The molecule has 2 aliphatic rings. The predicted octanol–water partition coefficient (Wildman–Crippen LogP) is 0.504. The van der Waals surface area contributed by atoms with Crippen molar-refractivity contribution in [3.8, 4) is 12.3 Å². The van der Waals surface area contributed by atoms with Crippen molar-refractivity contribution in [3.05, 3.63) is 39.9 Å². The molecule has 2 aromatic rings. The van der Waals surface area contributed by atoms with Gasteiger partial charge in [-0.1, -0.05) is 5.92 Å². The molecule has 180 valence electrons. The number of piperazine rings is 1. The van der Waals surface area contributed by atoms with Gasteiger partial charge in [0.25, 0.3) is 5.56 Å². The van der Waals surface area contributed by atoms with Gasteiger partial charge in [-0.3, -0.25) is 9.59 Å². The third-order valence-electron chi connectivity index (χ3n) is 5.69. The number of rotatable bonds is 4. The highest BCUT2D eigenvalue weighted by atomic mass is 19.4. The van der Waals surface area contributed by atoms with E-state index in [1.807, 2.05) is 4.90 Å². The SMILES string of the molecule is C#Cc1cc(N2CCO[C@@H](CC(=O)N3CCN(c4ncc(C(F)(F)F)cn4)CC3)C2)n[nH]c1=O. The fourth-order valence-corrected chi connectivity index (χ4v) is 3.83. The maximum absolute atomic E-state index is 12.8. The van der Waals surface area contributed by atoms with Crippen LogP contribution in [0.4, 0.5) is 24.9 Å². The van der Waals surface area contributed by atoms with E-state index in [2.05, 4.69) is 26.1 Å². The number of H-pyrrole nitrogens is 1. The number of aromatic nitrogens is 4. The quantitative estimate of drug-likeness (QED) is 0.635. The molecule has 0 saturated carbocycles. The number of alkyl halides is 3. The molecule has 0 bridgehead atoms. The number of anilines is 2. The summed E-state index contributed by atoms with van der Waals surface area (Å²) in [5.41, 5.74) is -1.16. The van der Waals surface area contributed by atoms with Gasteiger partial charge in [-0.05, 0) is 0 Å². The fraction of sp³-hybridized carbons (Fsp3) is 0.476. The van der Waals surface area contributed by atoms with Crippen LogP contribution in [0.25, 0.3) is 0 Å². The van der Waals surface area contributed by atoms with Crippen molar-refractivity contribution in [2.24, 2.45) is 0 Å². The number of morpholine rings is 1. The van der Waals surface area contributed by atoms with Crippen molar-refractivity contribution in [2.45, 2.75) is 18.7 Å². The van der Waals surface area contributed by atoms with Crippen LogP contribution in [0.3, 0.4) is 0 Å². The third-order valence-corrected chi connectivity index (χ3v) is 5.69. The van der Waals surface area contributed by atoms with Gasteiger partial charge in [-0.25, -0.2) is 15.1 Å². The summed E-state index contributed by atoms with van der Waals surface area (Å²) in [5, 5.41) is 6.41. The first-order valence-electron chi connectivity index (χ1n) is 10.6. The van der Waals surface area contributed by atoms with Gasteiger partial charge in [-0.15, -0.1) is 6.42 Å². The number of hydrogen-bond acceptors (Lipinski definition) is 8. The summed E-state index contributed by atoms with van der Waals surface area (Å²) in [6.45, 7) is 2.95. The number of carbonyl (C=O) groups is 1. The van der Waals surface area contributed by atoms with E-state index in [1.165, 1.54) is 6.07 Å². The molecule has 10 nitrogen and oxygen atoms in total. The fourth-order valence-electron chi connectivity index (χ4n) is 3.83. The van der Waals surface area contributed by atoms with Crippen LogP contribution < -0.4 is 15.4 Å². The molecule has 0 spiro atoms. The smallest absolute Gasteiger partial charge is 0.374 e. The van der Waals surface area contributed by atoms with Gasteiger partial charge in [0.05, 0.1) is 30.3 Å². The summed E-state index contributed by atoms with van der Waals surface area (Å²) in [6, 6.07) is 1.53. The molecule has 1 atom stereocenters. The molecular weight excluding hydrogens is 455 g/mol. The van der Waals surface area contributed by atoms with Crippen molar-refractivity contribution in [1.82, 2.24) is 25.1 Å². The van der Waals surface area contributed by atoms with Gasteiger partial charge < -0.3 is 19.4 Å². The highest BCUT2D eigenvalue weighted by Crippen LogP contribution is 2.28. The maximum Gasteiger partial charge on any atom is 0.419 e. The molecule has 1 N–H and O–H groups in total. The van der Waals surface area contributed by atoms with Gasteiger partial charge in [0.2, 0.25) is 11.9 Å². The number of aromatic amines is 1. The van der Waals surface area contributed by atoms with Crippen LogP contribution >= 0.6 is 0 Å². The lowest BCUT2D eigenvalue weighted by atomic mass is 10.1. The maximum atomic E-state index is 12.8. The van der Waals surface area contributed by atoms with E-state index in [0.717, 1.165) is 12.4 Å². The summed E-state index contributed by atoms with van der Waals surface area (Å²) in [5.74, 6) is 2.95. The average Bonchev–Trinajstić information content (AvgIpc) is 2.84. The molecule has 2 fully saturated rings. The molecule has 2 aromatic heterocycles. The summed E-state index contributed by atoms with van der Waals surface area (Å²) in [4.78, 5) is 37.4. The molecule has 0 radical (unpaired) electrons. The van der Waals surface area contributed by atoms with Crippen molar-refractivity contribution in [3.63, 3.8) is 0 Å². The van der Waals surface area contributed by atoms with Crippen molar-refractivity contribution in [2.75, 3.05) is 55.7 Å². The highest BCUT2D eigenvalue weighted by Gasteiger charge is 2.32. The van der Waals surface area contributed by atoms with Crippen LogP contribution in [0.1, 0.15) is 17.5 Å². The Kier molecular flexibility index (Phi) is 6.69. The van der Waals surface area contributed by atoms with Crippen LogP contribution in [-0.2, 0) is 15.7 Å². The van der Waals surface area contributed by atoms with Gasteiger partial charge >= 0.3 is 6.18 Å². The molecule has 1 amide bonds. The Bertz CT molecular complexity index is 1120. The van der Waals surface area contributed by atoms with E-state index < -0.39 is 17.3 Å². The summed E-state index contributed by atoms with van der Waals surface area (Å²) in [6.07, 6.45) is 2.18. The monoisotopic (exact) mass is 477 g/mol. The standard InChI is InChI=1S/C21H22F3N7O3/c1-2-14-9-17(27-28-19(14)33)31-7-8-34-16(13-31)10-18(32)29-3-5-30(6-4-29)20-25-11-15(12-26-20)21(22,23)24/h1,9,11-12,16H,3-8,10,13H2,(H,28,33)/t16-/m0/s1. The van der Waals surface area contributed by atoms with Crippen LogP contribution in [-0.4, -0.2) is 83.0 Å². The van der Waals surface area contributed by atoms with Gasteiger partial charge in [0.1, 0.15) is 0 Å². The summed E-state index contributed by atoms with van der Waals surface area (Å²) < 4.78 is 43.8. The van der Waals surface area contributed by atoms with E-state index in [9.17, 15) is 22.8 Å². The first-order valence-corrected chi connectivity index (χ1v) is 10.6. The minimum absolute atomic E-state index is 0.0846. The lowest BCUT2D eigenvalue weighted by Gasteiger charge is -2.37. The van der Waals surface area contributed by atoms with Gasteiger partial charge in [0.15, 0.2) is 5.82 Å². The molecule has 0 unspecified atom stereocenters. The first-order chi connectivity index (χ1) is 16.2. The van der Waals surface area contributed by atoms with Crippen LogP contribution in [0, 0.1) is 12.3 Å². The molecule has 34 heavy (non-hydrogen) atoms. The average molecular weight is 477 g/mol.